The van der Waals surface area contributed by atoms with Crippen LogP contribution in [0.3, 0.4) is 0 Å². The maximum absolute atomic E-state index is 12.8. The van der Waals surface area contributed by atoms with Crippen molar-refractivity contribution in [3.63, 3.8) is 0 Å². The number of halogens is 1. The van der Waals surface area contributed by atoms with Gasteiger partial charge in [-0.2, -0.15) is 4.31 Å². The lowest BCUT2D eigenvalue weighted by atomic mass is 10.1. The van der Waals surface area contributed by atoms with E-state index in [1.807, 2.05) is 6.92 Å². The fourth-order valence-electron chi connectivity index (χ4n) is 3.43. The molecule has 6 heteroatoms. The minimum atomic E-state index is -3.41. The van der Waals surface area contributed by atoms with E-state index < -0.39 is 10.0 Å². The van der Waals surface area contributed by atoms with Gasteiger partial charge in [-0.25, -0.2) is 8.42 Å². The van der Waals surface area contributed by atoms with E-state index in [1.54, 1.807) is 22.5 Å². The summed E-state index contributed by atoms with van der Waals surface area (Å²) in [4.78, 5) is 0.328. The zero-order valence-corrected chi connectivity index (χ0v) is 13.7. The summed E-state index contributed by atoms with van der Waals surface area (Å²) in [5, 5.41) is 0. The normalized spacial score (nSPS) is 25.4. The van der Waals surface area contributed by atoms with Crippen LogP contribution >= 0.6 is 11.6 Å². The Morgan fingerprint density at radius 1 is 1.38 bits per heavy atom. The highest BCUT2D eigenvalue weighted by Crippen LogP contribution is 2.40. The number of sulfonamides is 1. The average Bonchev–Trinajstić information content (AvgIpc) is 3.10. The molecule has 21 heavy (non-hydrogen) atoms. The lowest BCUT2D eigenvalue weighted by Crippen LogP contribution is -2.37. The zero-order valence-electron chi connectivity index (χ0n) is 12.1. The molecule has 1 saturated heterocycles. The second-order valence-electron chi connectivity index (χ2n) is 5.74. The number of hydrogen-bond donors (Lipinski definition) is 0. The van der Waals surface area contributed by atoms with Crippen molar-refractivity contribution >= 4 is 21.6 Å². The van der Waals surface area contributed by atoms with Gasteiger partial charge in [0.15, 0.2) is 0 Å². The van der Waals surface area contributed by atoms with Crippen LogP contribution in [0.5, 0.6) is 5.75 Å². The van der Waals surface area contributed by atoms with Gasteiger partial charge < -0.3 is 4.74 Å². The van der Waals surface area contributed by atoms with E-state index in [-0.39, 0.29) is 11.9 Å². The van der Waals surface area contributed by atoms with Gasteiger partial charge in [0.2, 0.25) is 10.0 Å². The van der Waals surface area contributed by atoms with Crippen LogP contribution < -0.4 is 4.74 Å². The van der Waals surface area contributed by atoms with Crippen LogP contribution in [-0.2, 0) is 15.9 Å². The molecule has 1 aromatic carbocycles. The molecular weight excluding hydrogens is 310 g/mol. The first-order valence-electron chi connectivity index (χ1n) is 7.39. The van der Waals surface area contributed by atoms with E-state index in [9.17, 15) is 8.42 Å². The molecule has 116 valence electrons. The van der Waals surface area contributed by atoms with E-state index in [2.05, 4.69) is 0 Å². The Labute approximate surface area is 131 Å². The Hall–Kier alpha value is -0.780. The van der Waals surface area contributed by atoms with E-state index >= 15 is 0 Å². The molecule has 1 aliphatic heterocycles. The quantitative estimate of drug-likeness (QED) is 0.780. The van der Waals surface area contributed by atoms with Crippen molar-refractivity contribution < 1.29 is 13.2 Å². The SMILES string of the molecule is CCOc1ccc(S(=O)(=O)N2CC3CCC2C3)cc1CCl. The Morgan fingerprint density at radius 3 is 2.76 bits per heavy atom. The van der Waals surface area contributed by atoms with Crippen LogP contribution in [0, 0.1) is 5.92 Å². The minimum absolute atomic E-state index is 0.186. The van der Waals surface area contributed by atoms with Gasteiger partial charge >= 0.3 is 0 Å². The summed E-state index contributed by atoms with van der Waals surface area (Å²) in [5.41, 5.74) is 0.726. The maximum atomic E-state index is 12.8. The molecule has 2 bridgehead atoms. The van der Waals surface area contributed by atoms with Crippen LogP contribution in [0.4, 0.5) is 0 Å². The number of hydrogen-bond acceptors (Lipinski definition) is 3. The molecule has 2 atom stereocenters. The summed E-state index contributed by atoms with van der Waals surface area (Å²) in [5.74, 6) is 1.44. The van der Waals surface area contributed by atoms with Gasteiger partial charge in [-0.1, -0.05) is 0 Å². The zero-order chi connectivity index (χ0) is 15.0. The predicted molar refractivity (Wildman–Crippen MR) is 82.2 cm³/mol. The van der Waals surface area contributed by atoms with Gasteiger partial charge in [0.1, 0.15) is 5.75 Å². The molecule has 0 radical (unpaired) electrons. The Kier molecular flexibility index (Phi) is 4.17. The molecule has 0 N–H and O–H groups in total. The number of piperidine rings is 1. The van der Waals surface area contributed by atoms with Crippen LogP contribution in [-0.4, -0.2) is 31.9 Å². The second-order valence-corrected chi connectivity index (χ2v) is 7.90. The number of ether oxygens (including phenoxy) is 1. The highest BCUT2D eigenvalue weighted by Gasteiger charge is 2.44. The van der Waals surface area contributed by atoms with Crippen molar-refractivity contribution in [1.82, 2.24) is 4.31 Å². The van der Waals surface area contributed by atoms with Gasteiger partial charge in [-0.15, -0.1) is 11.6 Å². The molecule has 3 rings (SSSR count). The number of benzene rings is 1. The Bertz CT molecular complexity index is 632. The largest absolute Gasteiger partial charge is 0.494 e. The van der Waals surface area contributed by atoms with E-state index in [4.69, 9.17) is 16.3 Å². The molecule has 1 saturated carbocycles. The molecule has 1 heterocycles. The first-order valence-corrected chi connectivity index (χ1v) is 9.37. The highest BCUT2D eigenvalue weighted by molar-refractivity contribution is 7.89. The number of alkyl halides is 1. The molecule has 2 unspecified atom stereocenters. The smallest absolute Gasteiger partial charge is 0.243 e. The molecule has 1 aliphatic carbocycles. The van der Waals surface area contributed by atoms with Gasteiger partial charge in [-0.3, -0.25) is 0 Å². The Morgan fingerprint density at radius 2 is 2.19 bits per heavy atom. The van der Waals surface area contributed by atoms with Crippen molar-refractivity contribution in [3.05, 3.63) is 23.8 Å². The van der Waals surface area contributed by atoms with Crippen LogP contribution in [0.1, 0.15) is 31.7 Å². The number of rotatable bonds is 5. The highest BCUT2D eigenvalue weighted by atomic mass is 35.5. The minimum Gasteiger partial charge on any atom is -0.494 e. The first-order chi connectivity index (χ1) is 10.1. The molecule has 1 aromatic rings. The number of nitrogens with zero attached hydrogens (tertiary/aromatic N) is 1. The molecule has 0 aromatic heterocycles. The lowest BCUT2D eigenvalue weighted by molar-refractivity contribution is 0.332. The van der Waals surface area contributed by atoms with Crippen molar-refractivity contribution in [2.45, 2.75) is 43.0 Å². The summed E-state index contributed by atoms with van der Waals surface area (Å²) < 4.78 is 32.8. The Balaban J connectivity index is 1.92. The monoisotopic (exact) mass is 329 g/mol. The van der Waals surface area contributed by atoms with Gasteiger partial charge in [0.05, 0.1) is 17.4 Å². The molecular formula is C15H20ClNO3S. The van der Waals surface area contributed by atoms with Crippen molar-refractivity contribution in [1.29, 1.82) is 0 Å². The summed E-state index contributed by atoms with van der Waals surface area (Å²) in [6.45, 7) is 3.09. The molecule has 4 nitrogen and oxygen atoms in total. The van der Waals surface area contributed by atoms with E-state index in [0.29, 0.717) is 29.7 Å². The van der Waals surface area contributed by atoms with E-state index in [1.165, 1.54) is 0 Å². The van der Waals surface area contributed by atoms with Crippen LogP contribution in [0.15, 0.2) is 23.1 Å². The molecule has 0 spiro atoms. The van der Waals surface area contributed by atoms with Gasteiger partial charge in [-0.05, 0) is 50.3 Å². The summed E-state index contributed by atoms with van der Waals surface area (Å²) in [7, 11) is -3.41. The topological polar surface area (TPSA) is 46.6 Å². The summed E-state index contributed by atoms with van der Waals surface area (Å²) >= 11 is 5.92. The summed E-state index contributed by atoms with van der Waals surface area (Å²) in [6.07, 6.45) is 3.16. The predicted octanol–water partition coefficient (Wildman–Crippen LogP) is 3.00. The van der Waals surface area contributed by atoms with Crippen LogP contribution in [0.2, 0.25) is 0 Å². The molecule has 2 aliphatic rings. The standard InChI is InChI=1S/C15H20ClNO3S/c1-2-20-15-6-5-14(8-12(15)9-16)21(18,19)17-10-11-3-4-13(17)7-11/h5-6,8,11,13H,2-4,7,9-10H2,1H3. The average molecular weight is 330 g/mol. The maximum Gasteiger partial charge on any atom is 0.243 e. The van der Waals surface area contributed by atoms with Crippen molar-refractivity contribution in [3.8, 4) is 5.75 Å². The third kappa shape index (κ3) is 2.67. The fraction of sp³-hybridized carbons (Fsp3) is 0.600. The van der Waals surface area contributed by atoms with Crippen molar-refractivity contribution in [2.75, 3.05) is 13.2 Å². The third-order valence-corrected chi connectivity index (χ3v) is 6.64. The lowest BCUT2D eigenvalue weighted by Gasteiger charge is -2.26. The van der Waals surface area contributed by atoms with Gasteiger partial charge in [0, 0.05) is 18.2 Å². The third-order valence-electron chi connectivity index (χ3n) is 4.44. The fourth-order valence-corrected chi connectivity index (χ4v) is 5.43. The number of fused-ring (bicyclic) bond motifs is 2. The van der Waals surface area contributed by atoms with E-state index in [0.717, 1.165) is 24.8 Å². The first kappa shape index (κ1) is 15.1. The molecule has 0 amide bonds. The molecule has 2 fully saturated rings. The van der Waals surface area contributed by atoms with Gasteiger partial charge in [0.25, 0.3) is 0 Å². The second kappa shape index (κ2) is 5.78. The van der Waals surface area contributed by atoms with Crippen molar-refractivity contribution in [2.24, 2.45) is 5.92 Å². The summed E-state index contributed by atoms with van der Waals surface area (Å²) in [6, 6.07) is 5.18. The van der Waals surface area contributed by atoms with Crippen LogP contribution in [0.25, 0.3) is 0 Å².